The molecule has 0 fully saturated rings. The van der Waals surface area contributed by atoms with Gasteiger partial charge in [-0.3, -0.25) is 9.59 Å². The van der Waals surface area contributed by atoms with Crippen LogP contribution in [0, 0.1) is 0 Å². The van der Waals surface area contributed by atoms with Gasteiger partial charge in [-0.2, -0.15) is 0 Å². The zero-order valence-corrected chi connectivity index (χ0v) is 18.4. The van der Waals surface area contributed by atoms with Crippen LogP contribution in [-0.2, 0) is 16.1 Å². The third kappa shape index (κ3) is 5.58. The van der Waals surface area contributed by atoms with Crippen LogP contribution in [0.4, 0.5) is 5.69 Å². The number of hydrogen-bond acceptors (Lipinski definition) is 5. The highest BCUT2D eigenvalue weighted by atomic mass is 35.5. The molecule has 7 heteroatoms. The number of halogens is 1. The van der Waals surface area contributed by atoms with E-state index in [4.69, 9.17) is 26.8 Å². The molecule has 0 bridgehead atoms. The van der Waals surface area contributed by atoms with Crippen LogP contribution in [0.5, 0.6) is 5.75 Å². The monoisotopic (exact) mass is 442 g/mol. The lowest BCUT2D eigenvalue weighted by molar-refractivity contribution is -0.143. The van der Waals surface area contributed by atoms with Gasteiger partial charge in [-0.1, -0.05) is 18.2 Å². The van der Waals surface area contributed by atoms with Crippen LogP contribution in [0.2, 0.25) is 0 Å². The Kier molecular flexibility index (Phi) is 7.95. The summed E-state index contributed by atoms with van der Waals surface area (Å²) in [6.07, 6.45) is 3.51. The first-order valence-electron chi connectivity index (χ1n) is 10.4. The number of carbonyl (C=O) groups is 2. The summed E-state index contributed by atoms with van der Waals surface area (Å²) in [6, 6.07) is 12.8. The van der Waals surface area contributed by atoms with Gasteiger partial charge in [0.1, 0.15) is 5.75 Å². The fourth-order valence-electron chi connectivity index (χ4n) is 3.43. The predicted molar refractivity (Wildman–Crippen MR) is 123 cm³/mol. The van der Waals surface area contributed by atoms with Crippen molar-refractivity contribution < 1.29 is 19.1 Å². The summed E-state index contributed by atoms with van der Waals surface area (Å²) in [5.74, 6) is 0.657. The van der Waals surface area contributed by atoms with E-state index >= 15 is 0 Å². The average Bonchev–Trinajstić information content (AvgIpc) is 3.14. The number of para-hydroxylation sites is 1. The van der Waals surface area contributed by atoms with Crippen LogP contribution >= 0.6 is 11.6 Å². The molecule has 1 heterocycles. The summed E-state index contributed by atoms with van der Waals surface area (Å²) in [5.41, 5.74) is 8.53. The van der Waals surface area contributed by atoms with Gasteiger partial charge in [0.25, 0.3) is 0 Å². The van der Waals surface area contributed by atoms with Crippen LogP contribution in [0.3, 0.4) is 0 Å². The maximum Gasteiger partial charge on any atom is 0.305 e. The number of rotatable bonds is 11. The number of esters is 1. The van der Waals surface area contributed by atoms with Gasteiger partial charge < -0.3 is 19.8 Å². The summed E-state index contributed by atoms with van der Waals surface area (Å²) >= 11 is 5.70. The van der Waals surface area contributed by atoms with Gasteiger partial charge in [-0.15, -0.1) is 11.6 Å². The van der Waals surface area contributed by atoms with Crippen molar-refractivity contribution in [2.45, 2.75) is 32.7 Å². The summed E-state index contributed by atoms with van der Waals surface area (Å²) in [6.45, 7) is 3.22. The number of carbonyl (C=O) groups excluding carboxylic acids is 2. The first kappa shape index (κ1) is 22.7. The van der Waals surface area contributed by atoms with Crippen molar-refractivity contribution in [3.63, 3.8) is 0 Å². The summed E-state index contributed by atoms with van der Waals surface area (Å²) in [7, 11) is 0. The van der Waals surface area contributed by atoms with Crippen molar-refractivity contribution >= 4 is 39.9 Å². The van der Waals surface area contributed by atoms with Crippen molar-refractivity contribution in [3.05, 3.63) is 59.8 Å². The number of fused-ring (bicyclic) bond motifs is 1. The van der Waals surface area contributed by atoms with Crippen LogP contribution in [0.15, 0.2) is 48.7 Å². The molecule has 164 valence electrons. The molecule has 0 atom stereocenters. The molecule has 0 amide bonds. The number of hydrogen-bond donors (Lipinski definition) is 1. The number of anilines is 1. The molecule has 2 N–H and O–H groups in total. The fourth-order valence-corrected chi connectivity index (χ4v) is 3.54. The van der Waals surface area contributed by atoms with E-state index < -0.39 is 0 Å². The van der Waals surface area contributed by atoms with E-state index in [1.807, 2.05) is 35.0 Å². The zero-order chi connectivity index (χ0) is 22.2. The number of aromatic nitrogens is 1. The molecule has 3 aromatic rings. The SMILES string of the molecule is CCOC(=O)CCCn1cc(C(=O)c2ccc(N)c(OCCCCl)c2)c2ccccc21. The number of ketones is 1. The Labute approximate surface area is 186 Å². The second kappa shape index (κ2) is 10.9. The normalized spacial score (nSPS) is 10.9. The molecular formula is C24H27ClN2O4. The molecule has 3 rings (SSSR count). The Balaban J connectivity index is 1.84. The number of alkyl halides is 1. The predicted octanol–water partition coefficient (Wildman–Crippen LogP) is 4.81. The molecule has 0 unspecified atom stereocenters. The molecule has 0 aliphatic rings. The van der Waals surface area contributed by atoms with Crippen molar-refractivity contribution in [1.82, 2.24) is 4.57 Å². The second-order valence-corrected chi connectivity index (χ2v) is 7.51. The minimum Gasteiger partial charge on any atom is -0.491 e. The number of nitrogen functional groups attached to an aromatic ring is 1. The van der Waals surface area contributed by atoms with E-state index in [0.717, 1.165) is 10.9 Å². The third-order valence-electron chi connectivity index (χ3n) is 4.93. The number of nitrogens with two attached hydrogens (primary N) is 1. The van der Waals surface area contributed by atoms with Crippen LogP contribution in [-0.4, -0.2) is 35.4 Å². The van der Waals surface area contributed by atoms with E-state index in [9.17, 15) is 9.59 Å². The molecule has 31 heavy (non-hydrogen) atoms. The maximum atomic E-state index is 13.3. The van der Waals surface area contributed by atoms with Gasteiger partial charge >= 0.3 is 5.97 Å². The lowest BCUT2D eigenvalue weighted by atomic mass is 10.0. The minimum atomic E-state index is -0.209. The first-order valence-corrected chi connectivity index (χ1v) is 10.9. The zero-order valence-electron chi connectivity index (χ0n) is 17.6. The highest BCUT2D eigenvalue weighted by Crippen LogP contribution is 2.28. The summed E-state index contributed by atoms with van der Waals surface area (Å²) in [5, 5.41) is 0.866. The Morgan fingerprint density at radius 1 is 1.13 bits per heavy atom. The second-order valence-electron chi connectivity index (χ2n) is 7.13. The first-order chi connectivity index (χ1) is 15.0. The average molecular weight is 443 g/mol. The molecule has 2 aromatic carbocycles. The lowest BCUT2D eigenvalue weighted by Gasteiger charge is -2.10. The van der Waals surface area contributed by atoms with Crippen LogP contribution in [0.1, 0.15) is 42.1 Å². The quantitative estimate of drug-likeness (QED) is 0.151. The Morgan fingerprint density at radius 2 is 1.94 bits per heavy atom. The molecule has 0 spiro atoms. The summed E-state index contributed by atoms with van der Waals surface area (Å²) < 4.78 is 12.7. The molecule has 6 nitrogen and oxygen atoms in total. The number of nitrogens with zero attached hydrogens (tertiary/aromatic N) is 1. The van der Waals surface area contributed by atoms with Crippen molar-refractivity contribution in [1.29, 1.82) is 0 Å². The van der Waals surface area contributed by atoms with E-state index in [1.165, 1.54) is 0 Å². The lowest BCUT2D eigenvalue weighted by Crippen LogP contribution is -2.06. The van der Waals surface area contributed by atoms with Gasteiger partial charge in [0.2, 0.25) is 0 Å². The summed E-state index contributed by atoms with van der Waals surface area (Å²) in [4.78, 5) is 25.0. The van der Waals surface area contributed by atoms with E-state index in [2.05, 4.69) is 0 Å². The molecule has 0 saturated heterocycles. The molecular weight excluding hydrogens is 416 g/mol. The standard InChI is InChI=1S/C24H27ClN2O4/c1-2-30-23(28)9-5-13-27-16-19(18-7-3-4-8-21(18)27)24(29)17-10-11-20(26)22(15-17)31-14-6-12-25/h3-4,7-8,10-11,15-16H,2,5-6,9,12-14,26H2,1H3. The molecule has 0 radical (unpaired) electrons. The molecule has 0 aliphatic heterocycles. The van der Waals surface area contributed by atoms with Crippen LogP contribution < -0.4 is 10.5 Å². The largest absolute Gasteiger partial charge is 0.491 e. The number of benzene rings is 2. The van der Waals surface area contributed by atoms with Gasteiger partial charge in [-0.25, -0.2) is 0 Å². The van der Waals surface area contributed by atoms with Gasteiger partial charge in [0.15, 0.2) is 5.78 Å². The Hall–Kier alpha value is -2.99. The highest BCUT2D eigenvalue weighted by Gasteiger charge is 2.18. The third-order valence-corrected chi connectivity index (χ3v) is 5.20. The number of aryl methyl sites for hydroxylation is 1. The fraction of sp³-hybridized carbons (Fsp3) is 0.333. The molecule has 1 aromatic heterocycles. The number of ether oxygens (including phenoxy) is 2. The van der Waals surface area contributed by atoms with Crippen molar-refractivity contribution in [2.24, 2.45) is 0 Å². The van der Waals surface area contributed by atoms with Crippen LogP contribution in [0.25, 0.3) is 10.9 Å². The van der Waals surface area contributed by atoms with Gasteiger partial charge in [-0.05, 0) is 44.0 Å². The minimum absolute atomic E-state index is 0.109. The van der Waals surface area contributed by atoms with E-state index in [-0.39, 0.29) is 11.8 Å². The van der Waals surface area contributed by atoms with Crippen molar-refractivity contribution in [3.8, 4) is 5.75 Å². The van der Waals surface area contributed by atoms with Gasteiger partial charge in [0, 0.05) is 47.1 Å². The highest BCUT2D eigenvalue weighted by molar-refractivity contribution is 6.18. The smallest absolute Gasteiger partial charge is 0.305 e. The Bertz CT molecular complexity index is 1060. The maximum absolute atomic E-state index is 13.3. The Morgan fingerprint density at radius 3 is 2.71 bits per heavy atom. The van der Waals surface area contributed by atoms with Gasteiger partial charge in [0.05, 0.1) is 18.9 Å². The van der Waals surface area contributed by atoms with E-state index in [1.54, 1.807) is 25.1 Å². The molecule has 0 aliphatic carbocycles. The topological polar surface area (TPSA) is 83.5 Å². The van der Waals surface area contributed by atoms with Crippen molar-refractivity contribution in [2.75, 3.05) is 24.8 Å². The van der Waals surface area contributed by atoms with E-state index in [0.29, 0.717) is 67.5 Å². The molecule has 0 saturated carbocycles.